The van der Waals surface area contributed by atoms with Gasteiger partial charge < -0.3 is 10.1 Å². The molecular formula is C31H31FN2O2. The fourth-order valence-electron chi connectivity index (χ4n) is 5.27. The monoisotopic (exact) mass is 482 g/mol. The van der Waals surface area contributed by atoms with Gasteiger partial charge in [0.05, 0.1) is 18.5 Å². The Labute approximate surface area is 211 Å². The van der Waals surface area contributed by atoms with E-state index in [0.717, 1.165) is 64.6 Å². The molecule has 184 valence electrons. The first-order valence-electron chi connectivity index (χ1n) is 12.7. The van der Waals surface area contributed by atoms with Crippen molar-refractivity contribution in [3.8, 4) is 16.9 Å². The molecule has 0 spiro atoms. The van der Waals surface area contributed by atoms with Gasteiger partial charge in [0.15, 0.2) is 0 Å². The van der Waals surface area contributed by atoms with Crippen LogP contribution in [0.2, 0.25) is 0 Å². The Morgan fingerprint density at radius 3 is 2.58 bits per heavy atom. The first kappa shape index (κ1) is 24.0. The minimum atomic E-state index is -0.344. The van der Waals surface area contributed by atoms with Crippen LogP contribution in [0.1, 0.15) is 49.1 Å². The molecule has 1 heterocycles. The lowest BCUT2D eigenvalue weighted by molar-refractivity contribution is -0.123. The molecule has 1 atom stereocenters. The molecule has 4 nitrogen and oxygen atoms in total. The molecule has 36 heavy (non-hydrogen) atoms. The Hall–Kier alpha value is -3.73. The number of aromatic nitrogens is 1. The SMILES string of the molecule is COc1ccccc1C[C@@H](C(=O)NC1CCCCC1)c1ccc(-c2ccnc3ccc(F)cc23)cc1. The van der Waals surface area contributed by atoms with Gasteiger partial charge in [0.25, 0.3) is 0 Å². The van der Waals surface area contributed by atoms with Crippen molar-refractivity contribution in [3.05, 3.63) is 95.9 Å². The Bertz CT molecular complexity index is 1350. The van der Waals surface area contributed by atoms with Gasteiger partial charge in [-0.3, -0.25) is 9.78 Å². The van der Waals surface area contributed by atoms with Gasteiger partial charge in [-0.05, 0) is 71.8 Å². The summed E-state index contributed by atoms with van der Waals surface area (Å²) in [5.74, 6) is 0.209. The maximum Gasteiger partial charge on any atom is 0.228 e. The number of rotatable bonds is 7. The number of nitrogens with one attached hydrogen (secondary N) is 1. The zero-order valence-electron chi connectivity index (χ0n) is 20.5. The van der Waals surface area contributed by atoms with E-state index in [1.54, 1.807) is 19.4 Å². The van der Waals surface area contributed by atoms with Crippen LogP contribution >= 0.6 is 0 Å². The summed E-state index contributed by atoms with van der Waals surface area (Å²) in [5.41, 5.74) is 4.57. The van der Waals surface area contributed by atoms with Crippen molar-refractivity contribution in [2.75, 3.05) is 7.11 Å². The predicted octanol–water partition coefficient (Wildman–Crippen LogP) is 6.82. The van der Waals surface area contributed by atoms with Crippen molar-refractivity contribution < 1.29 is 13.9 Å². The second-order valence-corrected chi connectivity index (χ2v) is 9.55. The minimum Gasteiger partial charge on any atom is -0.496 e. The number of para-hydroxylation sites is 1. The number of hydrogen-bond donors (Lipinski definition) is 1. The van der Waals surface area contributed by atoms with Crippen LogP contribution in [0.3, 0.4) is 0 Å². The largest absolute Gasteiger partial charge is 0.496 e. The van der Waals surface area contributed by atoms with Gasteiger partial charge in [0.1, 0.15) is 11.6 Å². The van der Waals surface area contributed by atoms with Crippen molar-refractivity contribution in [1.82, 2.24) is 10.3 Å². The normalized spacial score (nSPS) is 14.9. The van der Waals surface area contributed by atoms with Crippen LogP contribution in [-0.4, -0.2) is 24.0 Å². The van der Waals surface area contributed by atoms with E-state index in [1.165, 1.54) is 18.6 Å². The molecule has 1 N–H and O–H groups in total. The highest BCUT2D eigenvalue weighted by atomic mass is 19.1. The third-order valence-corrected chi connectivity index (χ3v) is 7.21. The molecule has 5 rings (SSSR count). The maximum atomic E-state index is 14.0. The van der Waals surface area contributed by atoms with Crippen molar-refractivity contribution in [2.45, 2.75) is 50.5 Å². The van der Waals surface area contributed by atoms with E-state index in [0.29, 0.717) is 6.42 Å². The summed E-state index contributed by atoms with van der Waals surface area (Å²) in [5, 5.41) is 4.09. The molecule has 4 aromatic rings. The molecule has 0 unspecified atom stereocenters. The number of ether oxygens (including phenoxy) is 1. The third kappa shape index (κ3) is 5.25. The van der Waals surface area contributed by atoms with Gasteiger partial charge in [-0.2, -0.15) is 0 Å². The molecule has 0 radical (unpaired) electrons. The zero-order chi connectivity index (χ0) is 24.9. The van der Waals surface area contributed by atoms with Crippen LogP contribution in [0.5, 0.6) is 5.75 Å². The molecule has 1 aliphatic rings. The van der Waals surface area contributed by atoms with Crippen LogP contribution < -0.4 is 10.1 Å². The first-order valence-corrected chi connectivity index (χ1v) is 12.7. The highest BCUT2D eigenvalue weighted by Gasteiger charge is 2.26. The first-order chi connectivity index (χ1) is 17.6. The summed E-state index contributed by atoms with van der Waals surface area (Å²) >= 11 is 0. The minimum absolute atomic E-state index is 0.0528. The molecule has 5 heteroatoms. The van der Waals surface area contributed by atoms with E-state index in [9.17, 15) is 9.18 Å². The van der Waals surface area contributed by atoms with E-state index in [-0.39, 0.29) is 23.7 Å². The number of pyridine rings is 1. The lowest BCUT2D eigenvalue weighted by atomic mass is 9.88. The molecule has 1 aromatic heterocycles. The van der Waals surface area contributed by atoms with Gasteiger partial charge in [-0.1, -0.05) is 61.7 Å². The van der Waals surface area contributed by atoms with Crippen molar-refractivity contribution in [2.24, 2.45) is 0 Å². The summed E-state index contributed by atoms with van der Waals surface area (Å²) in [7, 11) is 1.66. The topological polar surface area (TPSA) is 51.2 Å². The Morgan fingerprint density at radius 2 is 1.81 bits per heavy atom. The number of halogens is 1. The molecule has 3 aromatic carbocycles. The Kier molecular flexibility index (Phi) is 7.26. The standard InChI is InChI=1S/C31H31FN2O2/c1-36-30-10-6-5-7-23(30)19-27(31(35)34-25-8-3-2-4-9-25)22-13-11-21(12-14-22)26-17-18-33-29-16-15-24(32)20-28(26)29/h5-7,10-18,20,25,27H,2-4,8-9,19H2,1H3,(H,34,35)/t27-/m1/s1. The number of benzene rings is 3. The van der Waals surface area contributed by atoms with E-state index < -0.39 is 0 Å². The van der Waals surface area contributed by atoms with E-state index in [1.807, 2.05) is 54.6 Å². The lowest BCUT2D eigenvalue weighted by Crippen LogP contribution is -2.39. The van der Waals surface area contributed by atoms with Gasteiger partial charge in [-0.15, -0.1) is 0 Å². The number of methoxy groups -OCH3 is 1. The Morgan fingerprint density at radius 1 is 1.03 bits per heavy atom. The molecule has 1 saturated carbocycles. The molecule has 0 bridgehead atoms. The van der Waals surface area contributed by atoms with Crippen LogP contribution in [0, 0.1) is 5.82 Å². The van der Waals surface area contributed by atoms with Gasteiger partial charge in [0.2, 0.25) is 5.91 Å². The summed E-state index contributed by atoms with van der Waals surface area (Å²) in [4.78, 5) is 17.9. The third-order valence-electron chi connectivity index (χ3n) is 7.21. The van der Waals surface area contributed by atoms with Crippen LogP contribution in [0.4, 0.5) is 4.39 Å². The van der Waals surface area contributed by atoms with Gasteiger partial charge in [-0.25, -0.2) is 4.39 Å². The Balaban J connectivity index is 1.47. The summed E-state index contributed by atoms with van der Waals surface area (Å²) in [6.45, 7) is 0. The highest BCUT2D eigenvalue weighted by molar-refractivity contribution is 5.94. The second-order valence-electron chi connectivity index (χ2n) is 9.55. The van der Waals surface area contributed by atoms with E-state index in [2.05, 4.69) is 10.3 Å². The molecule has 0 saturated heterocycles. The second kappa shape index (κ2) is 10.9. The van der Waals surface area contributed by atoms with Crippen LogP contribution in [0.15, 0.2) is 79.0 Å². The number of amides is 1. The predicted molar refractivity (Wildman–Crippen MR) is 142 cm³/mol. The van der Waals surface area contributed by atoms with Gasteiger partial charge in [0, 0.05) is 17.6 Å². The number of carbonyl (C=O) groups excluding carboxylic acids is 1. The van der Waals surface area contributed by atoms with E-state index in [4.69, 9.17) is 4.74 Å². The summed E-state index contributed by atoms with van der Waals surface area (Å²) < 4.78 is 19.5. The van der Waals surface area contributed by atoms with E-state index >= 15 is 0 Å². The van der Waals surface area contributed by atoms with Crippen molar-refractivity contribution >= 4 is 16.8 Å². The van der Waals surface area contributed by atoms with Gasteiger partial charge >= 0.3 is 0 Å². The number of nitrogens with zero attached hydrogens (tertiary/aromatic N) is 1. The average molecular weight is 483 g/mol. The summed E-state index contributed by atoms with van der Waals surface area (Å²) in [6.07, 6.45) is 7.94. The zero-order valence-corrected chi connectivity index (χ0v) is 20.5. The molecule has 0 aliphatic heterocycles. The smallest absolute Gasteiger partial charge is 0.228 e. The highest BCUT2D eigenvalue weighted by Crippen LogP contribution is 2.32. The summed E-state index contributed by atoms with van der Waals surface area (Å²) in [6, 6.07) is 22.7. The van der Waals surface area contributed by atoms with Crippen molar-refractivity contribution in [3.63, 3.8) is 0 Å². The molecular weight excluding hydrogens is 451 g/mol. The van der Waals surface area contributed by atoms with Crippen molar-refractivity contribution in [1.29, 1.82) is 0 Å². The average Bonchev–Trinajstić information content (AvgIpc) is 2.92. The number of fused-ring (bicyclic) bond motifs is 1. The fraction of sp³-hybridized carbons (Fsp3) is 0.290. The number of carbonyl (C=O) groups is 1. The van der Waals surface area contributed by atoms with Crippen LogP contribution in [-0.2, 0) is 11.2 Å². The molecule has 1 amide bonds. The molecule has 1 fully saturated rings. The maximum absolute atomic E-state index is 14.0. The molecule has 1 aliphatic carbocycles. The lowest BCUT2D eigenvalue weighted by Gasteiger charge is -2.26. The number of hydrogen-bond acceptors (Lipinski definition) is 3. The van der Waals surface area contributed by atoms with Crippen LogP contribution in [0.25, 0.3) is 22.0 Å². The quantitative estimate of drug-likeness (QED) is 0.314. The fourth-order valence-corrected chi connectivity index (χ4v) is 5.27.